The lowest BCUT2D eigenvalue weighted by molar-refractivity contribution is 0.0725. The molecule has 164 valence electrons. The maximum absolute atomic E-state index is 13.4. The number of likely N-dealkylation sites (tertiary alicyclic amines) is 1. The zero-order chi connectivity index (χ0) is 21.8. The Balaban J connectivity index is 1.54. The van der Waals surface area contributed by atoms with Crippen LogP contribution in [0.2, 0.25) is 0 Å². The second-order valence-electron chi connectivity index (χ2n) is 8.68. The number of benzene rings is 2. The fourth-order valence-corrected chi connectivity index (χ4v) is 4.52. The predicted molar refractivity (Wildman–Crippen MR) is 126 cm³/mol. The van der Waals surface area contributed by atoms with Crippen molar-refractivity contribution >= 4 is 29.0 Å². The van der Waals surface area contributed by atoms with Gasteiger partial charge in [0.1, 0.15) is 0 Å². The number of hydrogen-bond acceptors (Lipinski definition) is 3. The standard InChI is InChI=1S/C25H32N4O2/c1-18-8-10-22(19(2)16-18)27-25(31)26-20-9-11-23(28-12-6-7-13-28)21(17-20)24(30)29-14-4-3-5-15-29/h8-11,16-17H,3-7,12-15H2,1-2H3,(H2,26,27,31). The van der Waals surface area contributed by atoms with E-state index in [2.05, 4.69) is 15.5 Å². The fourth-order valence-electron chi connectivity index (χ4n) is 4.52. The molecular weight excluding hydrogens is 388 g/mol. The molecule has 2 heterocycles. The first-order chi connectivity index (χ1) is 15.0. The van der Waals surface area contributed by atoms with E-state index >= 15 is 0 Å². The lowest BCUT2D eigenvalue weighted by Gasteiger charge is -2.29. The third kappa shape index (κ3) is 5.01. The van der Waals surface area contributed by atoms with Crippen LogP contribution in [0.1, 0.15) is 53.6 Å². The molecule has 2 N–H and O–H groups in total. The lowest BCUT2D eigenvalue weighted by Crippen LogP contribution is -2.36. The number of carbonyl (C=O) groups is 2. The fraction of sp³-hybridized carbons (Fsp3) is 0.440. The third-order valence-electron chi connectivity index (χ3n) is 6.20. The third-order valence-corrected chi connectivity index (χ3v) is 6.20. The molecule has 2 fully saturated rings. The minimum Gasteiger partial charge on any atom is -0.371 e. The summed E-state index contributed by atoms with van der Waals surface area (Å²) in [5.41, 5.74) is 5.25. The van der Waals surface area contributed by atoms with Gasteiger partial charge in [-0.2, -0.15) is 0 Å². The molecule has 0 atom stereocenters. The van der Waals surface area contributed by atoms with E-state index in [9.17, 15) is 9.59 Å². The number of hydrogen-bond donors (Lipinski definition) is 2. The summed E-state index contributed by atoms with van der Waals surface area (Å²) in [5.74, 6) is 0.0695. The molecule has 4 rings (SSSR count). The summed E-state index contributed by atoms with van der Waals surface area (Å²) in [6.07, 6.45) is 5.59. The Bertz CT molecular complexity index is 960. The summed E-state index contributed by atoms with van der Waals surface area (Å²) in [7, 11) is 0. The van der Waals surface area contributed by atoms with Crippen molar-refractivity contribution in [2.75, 3.05) is 41.7 Å². The molecule has 2 aliphatic rings. The smallest absolute Gasteiger partial charge is 0.323 e. The van der Waals surface area contributed by atoms with Crippen LogP contribution in [0.3, 0.4) is 0 Å². The van der Waals surface area contributed by atoms with Gasteiger partial charge < -0.3 is 20.4 Å². The van der Waals surface area contributed by atoms with E-state index in [-0.39, 0.29) is 11.9 Å². The van der Waals surface area contributed by atoms with Crippen LogP contribution >= 0.6 is 0 Å². The number of nitrogens with one attached hydrogen (secondary N) is 2. The summed E-state index contributed by atoms with van der Waals surface area (Å²) in [4.78, 5) is 30.2. The molecule has 0 saturated carbocycles. The minimum absolute atomic E-state index is 0.0695. The van der Waals surface area contributed by atoms with Crippen molar-refractivity contribution in [3.8, 4) is 0 Å². The summed E-state index contributed by atoms with van der Waals surface area (Å²) in [6, 6.07) is 11.3. The van der Waals surface area contributed by atoms with Crippen molar-refractivity contribution in [1.29, 1.82) is 0 Å². The normalized spacial score (nSPS) is 16.3. The molecule has 0 spiro atoms. The van der Waals surface area contributed by atoms with Crippen LogP contribution in [-0.2, 0) is 0 Å². The van der Waals surface area contributed by atoms with Crippen LogP contribution in [0.4, 0.5) is 21.9 Å². The van der Waals surface area contributed by atoms with E-state index in [1.807, 2.05) is 55.1 Å². The van der Waals surface area contributed by atoms with Crippen LogP contribution < -0.4 is 15.5 Å². The van der Waals surface area contributed by atoms with Crippen LogP contribution in [0.25, 0.3) is 0 Å². The summed E-state index contributed by atoms with van der Waals surface area (Å²) < 4.78 is 0. The zero-order valence-corrected chi connectivity index (χ0v) is 18.5. The van der Waals surface area contributed by atoms with Crippen molar-refractivity contribution in [2.45, 2.75) is 46.0 Å². The Labute approximate surface area is 184 Å². The molecule has 2 aromatic carbocycles. The van der Waals surface area contributed by atoms with Gasteiger partial charge in [-0.05, 0) is 75.8 Å². The van der Waals surface area contributed by atoms with Gasteiger partial charge in [-0.3, -0.25) is 4.79 Å². The maximum atomic E-state index is 13.4. The highest BCUT2D eigenvalue weighted by Gasteiger charge is 2.25. The number of carbonyl (C=O) groups excluding carboxylic acids is 2. The number of nitrogens with zero attached hydrogens (tertiary/aromatic N) is 2. The molecule has 2 aliphatic heterocycles. The maximum Gasteiger partial charge on any atom is 0.323 e. The van der Waals surface area contributed by atoms with Crippen molar-refractivity contribution < 1.29 is 9.59 Å². The van der Waals surface area contributed by atoms with E-state index in [1.165, 1.54) is 6.42 Å². The van der Waals surface area contributed by atoms with E-state index in [0.29, 0.717) is 11.3 Å². The highest BCUT2D eigenvalue weighted by atomic mass is 16.2. The van der Waals surface area contributed by atoms with Crippen LogP contribution in [0.15, 0.2) is 36.4 Å². The molecule has 3 amide bonds. The van der Waals surface area contributed by atoms with Gasteiger partial charge in [0, 0.05) is 43.2 Å². The zero-order valence-electron chi connectivity index (χ0n) is 18.5. The van der Waals surface area contributed by atoms with Crippen molar-refractivity contribution in [3.05, 3.63) is 53.1 Å². The molecule has 0 radical (unpaired) electrons. The quantitative estimate of drug-likeness (QED) is 0.717. The summed E-state index contributed by atoms with van der Waals surface area (Å²) in [5, 5.41) is 5.82. The van der Waals surface area contributed by atoms with Gasteiger partial charge in [-0.1, -0.05) is 17.7 Å². The molecule has 6 heteroatoms. The topological polar surface area (TPSA) is 64.7 Å². The molecule has 6 nitrogen and oxygen atoms in total. The van der Waals surface area contributed by atoms with Gasteiger partial charge >= 0.3 is 6.03 Å². The SMILES string of the molecule is Cc1ccc(NC(=O)Nc2ccc(N3CCCC3)c(C(=O)N3CCCCC3)c2)c(C)c1. The molecule has 0 aromatic heterocycles. The number of anilines is 3. The van der Waals surface area contributed by atoms with Crippen molar-refractivity contribution in [1.82, 2.24) is 4.90 Å². The Morgan fingerprint density at radius 3 is 2.23 bits per heavy atom. The van der Waals surface area contributed by atoms with Crippen molar-refractivity contribution in [2.24, 2.45) is 0 Å². The lowest BCUT2D eigenvalue weighted by atomic mass is 10.1. The molecule has 2 saturated heterocycles. The highest BCUT2D eigenvalue weighted by molar-refractivity contribution is 6.04. The van der Waals surface area contributed by atoms with Gasteiger partial charge in [0.15, 0.2) is 0 Å². The number of rotatable bonds is 4. The average Bonchev–Trinajstić information content (AvgIpc) is 3.30. The number of piperidine rings is 1. The van der Waals surface area contributed by atoms with Gasteiger partial charge in [-0.25, -0.2) is 4.79 Å². The predicted octanol–water partition coefficient (Wildman–Crippen LogP) is 5.17. The number of amides is 3. The number of aryl methyl sites for hydroxylation is 2. The van der Waals surface area contributed by atoms with Gasteiger partial charge in [-0.15, -0.1) is 0 Å². The van der Waals surface area contributed by atoms with Gasteiger partial charge in [0.05, 0.1) is 5.56 Å². The van der Waals surface area contributed by atoms with Crippen molar-refractivity contribution in [3.63, 3.8) is 0 Å². The van der Waals surface area contributed by atoms with Crippen LogP contribution in [0.5, 0.6) is 0 Å². The first-order valence-electron chi connectivity index (χ1n) is 11.3. The molecule has 2 aromatic rings. The Morgan fingerprint density at radius 1 is 0.806 bits per heavy atom. The Kier molecular flexibility index (Phi) is 6.44. The second-order valence-corrected chi connectivity index (χ2v) is 8.68. The molecule has 0 bridgehead atoms. The van der Waals surface area contributed by atoms with E-state index in [4.69, 9.17) is 0 Å². The second kappa shape index (κ2) is 9.41. The average molecular weight is 421 g/mol. The Hall–Kier alpha value is -3.02. The summed E-state index contributed by atoms with van der Waals surface area (Å²) in [6.45, 7) is 7.56. The molecule has 0 unspecified atom stereocenters. The largest absolute Gasteiger partial charge is 0.371 e. The molecule has 0 aliphatic carbocycles. The summed E-state index contributed by atoms with van der Waals surface area (Å²) >= 11 is 0. The van der Waals surface area contributed by atoms with Crippen LogP contribution in [0, 0.1) is 13.8 Å². The van der Waals surface area contributed by atoms with Gasteiger partial charge in [0.2, 0.25) is 0 Å². The Morgan fingerprint density at radius 2 is 1.52 bits per heavy atom. The molecular formula is C25H32N4O2. The first-order valence-corrected chi connectivity index (χ1v) is 11.3. The van der Waals surface area contributed by atoms with E-state index < -0.39 is 0 Å². The van der Waals surface area contributed by atoms with E-state index in [0.717, 1.165) is 74.4 Å². The number of urea groups is 1. The van der Waals surface area contributed by atoms with E-state index in [1.54, 1.807) is 0 Å². The molecule has 31 heavy (non-hydrogen) atoms. The monoisotopic (exact) mass is 420 g/mol. The minimum atomic E-state index is -0.308. The first kappa shape index (κ1) is 21.2. The van der Waals surface area contributed by atoms with Crippen LogP contribution in [-0.4, -0.2) is 43.0 Å². The van der Waals surface area contributed by atoms with Gasteiger partial charge in [0.25, 0.3) is 5.91 Å². The highest BCUT2D eigenvalue weighted by Crippen LogP contribution is 2.29.